The minimum Gasteiger partial charge on any atom is -0.352 e. The number of hydrogen-bond acceptors (Lipinski definition) is 5. The molecule has 1 aromatic rings. The summed E-state index contributed by atoms with van der Waals surface area (Å²) in [5.74, 6) is -0.973. The summed E-state index contributed by atoms with van der Waals surface area (Å²) < 4.78 is 13.5. The van der Waals surface area contributed by atoms with Gasteiger partial charge in [0, 0.05) is 32.2 Å². The van der Waals surface area contributed by atoms with Crippen molar-refractivity contribution < 1.29 is 18.8 Å². The van der Waals surface area contributed by atoms with Crippen molar-refractivity contribution in [1.82, 2.24) is 20.4 Å². The molecule has 1 aromatic carbocycles. The first-order valence-electron chi connectivity index (χ1n) is 9.09. The van der Waals surface area contributed by atoms with Crippen molar-refractivity contribution in [3.05, 3.63) is 30.1 Å². The molecular formula is C18H24FN5O3. The second kappa shape index (κ2) is 8.92. The molecule has 27 heavy (non-hydrogen) atoms. The Hall–Kier alpha value is -2.52. The smallest absolute Gasteiger partial charge is 0.326 e. The first kappa shape index (κ1) is 19.2. The molecule has 146 valence electrons. The fourth-order valence-corrected chi connectivity index (χ4v) is 2.89. The summed E-state index contributed by atoms with van der Waals surface area (Å²) in [6, 6.07) is 5.34. The van der Waals surface area contributed by atoms with Crippen molar-refractivity contribution in [2.45, 2.75) is 18.9 Å². The summed E-state index contributed by atoms with van der Waals surface area (Å²) in [5, 5.41) is 7.47. The van der Waals surface area contributed by atoms with Crippen LogP contribution in [0.1, 0.15) is 12.8 Å². The summed E-state index contributed by atoms with van der Waals surface area (Å²) in [7, 11) is 0. The number of benzene rings is 1. The number of imide groups is 1. The molecule has 1 aliphatic heterocycles. The van der Waals surface area contributed by atoms with Gasteiger partial charge in [-0.3, -0.25) is 24.7 Å². The number of para-hydroxylation sites is 1. The summed E-state index contributed by atoms with van der Waals surface area (Å²) in [4.78, 5) is 39.6. The van der Waals surface area contributed by atoms with Gasteiger partial charge < -0.3 is 10.6 Å². The number of amides is 4. The summed E-state index contributed by atoms with van der Waals surface area (Å²) in [6.07, 6.45) is 2.14. The number of nitrogens with zero attached hydrogens (tertiary/aromatic N) is 2. The molecule has 2 fully saturated rings. The van der Waals surface area contributed by atoms with Crippen LogP contribution in [0, 0.1) is 5.82 Å². The molecule has 1 aliphatic carbocycles. The van der Waals surface area contributed by atoms with Gasteiger partial charge in [0.1, 0.15) is 5.82 Å². The average Bonchev–Trinajstić information content (AvgIpc) is 3.42. The maximum absolute atomic E-state index is 13.5. The zero-order valence-corrected chi connectivity index (χ0v) is 15.0. The number of carbonyl (C=O) groups is 3. The van der Waals surface area contributed by atoms with Crippen molar-refractivity contribution >= 4 is 23.5 Å². The Labute approximate surface area is 157 Å². The molecule has 0 atom stereocenters. The molecule has 0 aromatic heterocycles. The molecule has 1 heterocycles. The second-order valence-electron chi connectivity index (χ2n) is 6.88. The van der Waals surface area contributed by atoms with Gasteiger partial charge >= 0.3 is 6.03 Å². The number of hydrogen-bond donors (Lipinski definition) is 3. The minimum absolute atomic E-state index is 0.0147. The van der Waals surface area contributed by atoms with Crippen molar-refractivity contribution in [3.63, 3.8) is 0 Å². The third-order valence-electron chi connectivity index (χ3n) is 4.52. The average molecular weight is 377 g/mol. The number of halogens is 1. The maximum Gasteiger partial charge on any atom is 0.326 e. The fraction of sp³-hybridized carbons (Fsp3) is 0.500. The van der Waals surface area contributed by atoms with Crippen molar-refractivity contribution in [2.24, 2.45) is 0 Å². The monoisotopic (exact) mass is 377 g/mol. The van der Waals surface area contributed by atoms with Crippen LogP contribution in [-0.2, 0) is 9.59 Å². The predicted molar refractivity (Wildman–Crippen MR) is 97.6 cm³/mol. The Morgan fingerprint density at radius 1 is 0.963 bits per heavy atom. The lowest BCUT2D eigenvalue weighted by Crippen LogP contribution is -2.52. The third-order valence-corrected chi connectivity index (χ3v) is 4.52. The molecule has 0 bridgehead atoms. The van der Waals surface area contributed by atoms with Crippen LogP contribution < -0.4 is 16.0 Å². The standard InChI is InChI=1S/C18H24FN5O3/c19-14-3-1-2-4-15(14)21-18(27)22-17(26)12-24-9-7-23(8-10-24)11-16(25)20-13-5-6-13/h1-4,13H,5-12H2,(H,20,25)(H2,21,22,26,27). The molecule has 8 nitrogen and oxygen atoms in total. The SMILES string of the molecule is O=C(CN1CCN(CC(=O)NC2CC2)CC1)NC(=O)Nc1ccccc1F. The summed E-state index contributed by atoms with van der Waals surface area (Å²) >= 11 is 0. The van der Waals surface area contributed by atoms with Gasteiger partial charge in [-0.1, -0.05) is 12.1 Å². The number of urea groups is 1. The molecule has 2 aliphatic rings. The van der Waals surface area contributed by atoms with Crippen LogP contribution in [0.4, 0.5) is 14.9 Å². The Morgan fingerprint density at radius 3 is 2.15 bits per heavy atom. The molecule has 0 unspecified atom stereocenters. The van der Waals surface area contributed by atoms with Crippen LogP contribution in [0.2, 0.25) is 0 Å². The van der Waals surface area contributed by atoms with Crippen LogP contribution in [0.5, 0.6) is 0 Å². The number of anilines is 1. The third kappa shape index (κ3) is 6.30. The van der Waals surface area contributed by atoms with E-state index >= 15 is 0 Å². The van der Waals surface area contributed by atoms with Gasteiger partial charge in [0.25, 0.3) is 0 Å². The van der Waals surface area contributed by atoms with Crippen molar-refractivity contribution in [1.29, 1.82) is 0 Å². The fourth-order valence-electron chi connectivity index (χ4n) is 2.89. The number of piperazine rings is 1. The van der Waals surface area contributed by atoms with Gasteiger partial charge in [0.2, 0.25) is 11.8 Å². The quantitative estimate of drug-likeness (QED) is 0.666. The number of nitrogens with one attached hydrogen (secondary N) is 3. The highest BCUT2D eigenvalue weighted by atomic mass is 19.1. The van der Waals surface area contributed by atoms with E-state index in [1.54, 1.807) is 6.07 Å². The Balaban J connectivity index is 1.34. The van der Waals surface area contributed by atoms with Crippen LogP contribution >= 0.6 is 0 Å². The number of rotatable bonds is 6. The lowest BCUT2D eigenvalue weighted by molar-refractivity contribution is -0.124. The molecule has 0 spiro atoms. The normalized spacial score (nSPS) is 18.0. The first-order chi connectivity index (χ1) is 13.0. The zero-order valence-electron chi connectivity index (χ0n) is 15.0. The number of carbonyl (C=O) groups excluding carboxylic acids is 3. The molecule has 3 rings (SSSR count). The van der Waals surface area contributed by atoms with Gasteiger partial charge in [-0.25, -0.2) is 9.18 Å². The Kier molecular flexibility index (Phi) is 6.36. The van der Waals surface area contributed by atoms with Gasteiger partial charge in [-0.05, 0) is 25.0 Å². The van der Waals surface area contributed by atoms with E-state index in [0.29, 0.717) is 38.8 Å². The lowest BCUT2D eigenvalue weighted by Gasteiger charge is -2.33. The predicted octanol–water partition coefficient (Wildman–Crippen LogP) is 0.370. The molecule has 3 N–H and O–H groups in total. The Bertz CT molecular complexity index is 702. The zero-order chi connectivity index (χ0) is 19.2. The van der Waals surface area contributed by atoms with E-state index in [1.807, 2.05) is 4.90 Å². The largest absolute Gasteiger partial charge is 0.352 e. The summed E-state index contributed by atoms with van der Waals surface area (Å²) in [6.45, 7) is 3.10. The van der Waals surface area contributed by atoms with E-state index in [2.05, 4.69) is 20.9 Å². The highest BCUT2D eigenvalue weighted by Gasteiger charge is 2.25. The maximum atomic E-state index is 13.5. The lowest BCUT2D eigenvalue weighted by atomic mass is 10.3. The van der Waals surface area contributed by atoms with E-state index < -0.39 is 17.8 Å². The van der Waals surface area contributed by atoms with Gasteiger partial charge in [0.05, 0.1) is 18.8 Å². The van der Waals surface area contributed by atoms with Crippen LogP contribution in [-0.4, -0.2) is 73.0 Å². The van der Waals surface area contributed by atoms with E-state index in [4.69, 9.17) is 0 Å². The Morgan fingerprint density at radius 2 is 1.56 bits per heavy atom. The van der Waals surface area contributed by atoms with E-state index in [-0.39, 0.29) is 18.1 Å². The van der Waals surface area contributed by atoms with Crippen LogP contribution in [0.15, 0.2) is 24.3 Å². The molecular weight excluding hydrogens is 353 g/mol. The molecule has 9 heteroatoms. The van der Waals surface area contributed by atoms with Gasteiger partial charge in [0.15, 0.2) is 0 Å². The van der Waals surface area contributed by atoms with E-state index in [1.165, 1.54) is 18.2 Å². The first-order valence-corrected chi connectivity index (χ1v) is 9.09. The minimum atomic E-state index is -0.763. The molecule has 4 amide bonds. The van der Waals surface area contributed by atoms with E-state index in [0.717, 1.165) is 12.8 Å². The van der Waals surface area contributed by atoms with Crippen molar-refractivity contribution in [2.75, 3.05) is 44.6 Å². The van der Waals surface area contributed by atoms with Gasteiger partial charge in [-0.2, -0.15) is 0 Å². The molecule has 1 saturated carbocycles. The highest BCUT2D eigenvalue weighted by Crippen LogP contribution is 2.18. The van der Waals surface area contributed by atoms with Crippen LogP contribution in [0.3, 0.4) is 0 Å². The van der Waals surface area contributed by atoms with Crippen molar-refractivity contribution in [3.8, 4) is 0 Å². The highest BCUT2D eigenvalue weighted by molar-refractivity contribution is 6.01. The summed E-state index contributed by atoms with van der Waals surface area (Å²) in [5.41, 5.74) is 0.0147. The van der Waals surface area contributed by atoms with Gasteiger partial charge in [-0.15, -0.1) is 0 Å². The van der Waals surface area contributed by atoms with Crippen LogP contribution in [0.25, 0.3) is 0 Å². The van der Waals surface area contributed by atoms with E-state index in [9.17, 15) is 18.8 Å². The molecule has 0 radical (unpaired) electrons. The second-order valence-corrected chi connectivity index (χ2v) is 6.88. The molecule has 1 saturated heterocycles. The topological polar surface area (TPSA) is 93.8 Å².